The van der Waals surface area contributed by atoms with Gasteiger partial charge in [0.2, 0.25) is 10.0 Å². The molecule has 0 spiro atoms. The standard InChI is InChI=1S/C17H22N2O4S2/c1-13(2)14-5-9-16(10-6-14)24(20,21)18-15-7-11-17(12-8-15)25(22,23)19(3)4/h5-13,18H,1-4H3. The van der Waals surface area contributed by atoms with Crippen molar-refractivity contribution in [3.63, 3.8) is 0 Å². The van der Waals surface area contributed by atoms with E-state index >= 15 is 0 Å². The first-order valence-electron chi connectivity index (χ1n) is 7.69. The first-order valence-corrected chi connectivity index (χ1v) is 10.6. The quantitative estimate of drug-likeness (QED) is 0.833. The van der Waals surface area contributed by atoms with Crippen LogP contribution < -0.4 is 4.72 Å². The van der Waals surface area contributed by atoms with Gasteiger partial charge in [0.1, 0.15) is 0 Å². The molecule has 2 rings (SSSR count). The van der Waals surface area contributed by atoms with Gasteiger partial charge in [0.25, 0.3) is 10.0 Å². The Morgan fingerprint density at radius 3 is 1.72 bits per heavy atom. The molecule has 0 saturated heterocycles. The predicted octanol–water partition coefficient (Wildman–Crippen LogP) is 2.86. The van der Waals surface area contributed by atoms with Crippen LogP contribution >= 0.6 is 0 Å². The molecule has 0 aliphatic rings. The van der Waals surface area contributed by atoms with E-state index in [1.54, 1.807) is 24.3 Å². The normalized spacial score (nSPS) is 12.6. The molecule has 0 bridgehead atoms. The van der Waals surface area contributed by atoms with Crippen LogP contribution in [0.5, 0.6) is 0 Å². The molecule has 6 nitrogen and oxygen atoms in total. The van der Waals surface area contributed by atoms with Crippen molar-refractivity contribution >= 4 is 25.7 Å². The second kappa shape index (κ2) is 7.15. The molecule has 0 amide bonds. The molecule has 2 aromatic rings. The number of hydrogen-bond donors (Lipinski definition) is 1. The Kier molecular flexibility index (Phi) is 5.55. The fourth-order valence-corrected chi connectivity index (χ4v) is 4.11. The van der Waals surface area contributed by atoms with E-state index < -0.39 is 20.0 Å². The molecule has 0 unspecified atom stereocenters. The van der Waals surface area contributed by atoms with Gasteiger partial charge < -0.3 is 0 Å². The van der Waals surface area contributed by atoms with Crippen molar-refractivity contribution < 1.29 is 16.8 Å². The SMILES string of the molecule is CC(C)c1ccc(S(=O)(=O)Nc2ccc(S(=O)(=O)N(C)C)cc2)cc1. The van der Waals surface area contributed by atoms with E-state index in [1.807, 2.05) is 13.8 Å². The summed E-state index contributed by atoms with van der Waals surface area (Å²) in [6.07, 6.45) is 0. The van der Waals surface area contributed by atoms with Gasteiger partial charge in [-0.15, -0.1) is 0 Å². The molecular formula is C17H22N2O4S2. The molecule has 0 atom stereocenters. The number of nitrogens with zero attached hydrogens (tertiary/aromatic N) is 1. The van der Waals surface area contributed by atoms with E-state index in [9.17, 15) is 16.8 Å². The summed E-state index contributed by atoms with van der Waals surface area (Å²) in [5.41, 5.74) is 1.35. The third kappa shape index (κ3) is 4.39. The summed E-state index contributed by atoms with van der Waals surface area (Å²) in [6, 6.07) is 12.3. The third-order valence-corrected chi connectivity index (χ3v) is 6.97. The largest absolute Gasteiger partial charge is 0.280 e. The topological polar surface area (TPSA) is 83.5 Å². The van der Waals surface area contributed by atoms with E-state index in [4.69, 9.17) is 0 Å². The molecule has 0 radical (unpaired) electrons. The lowest BCUT2D eigenvalue weighted by molar-refractivity contribution is 0.521. The summed E-state index contributed by atoms with van der Waals surface area (Å²) in [5, 5.41) is 0. The zero-order valence-electron chi connectivity index (χ0n) is 14.6. The zero-order chi connectivity index (χ0) is 18.8. The Morgan fingerprint density at radius 1 is 0.800 bits per heavy atom. The maximum atomic E-state index is 12.4. The van der Waals surface area contributed by atoms with Crippen molar-refractivity contribution in [2.24, 2.45) is 0 Å². The highest BCUT2D eigenvalue weighted by Crippen LogP contribution is 2.21. The highest BCUT2D eigenvalue weighted by Gasteiger charge is 2.18. The molecule has 0 fully saturated rings. The smallest absolute Gasteiger partial charge is 0.261 e. The molecule has 136 valence electrons. The van der Waals surface area contributed by atoms with Crippen molar-refractivity contribution in [3.05, 3.63) is 54.1 Å². The van der Waals surface area contributed by atoms with Crippen LogP contribution in [-0.2, 0) is 20.0 Å². The third-order valence-electron chi connectivity index (χ3n) is 3.74. The number of hydrogen-bond acceptors (Lipinski definition) is 4. The Hall–Kier alpha value is -1.90. The van der Waals surface area contributed by atoms with Crippen molar-refractivity contribution in [1.29, 1.82) is 0 Å². The molecule has 0 saturated carbocycles. The van der Waals surface area contributed by atoms with E-state index in [0.717, 1.165) is 9.87 Å². The maximum absolute atomic E-state index is 12.4. The van der Waals surface area contributed by atoms with Crippen LogP contribution in [0.1, 0.15) is 25.3 Å². The van der Waals surface area contributed by atoms with Crippen LogP contribution in [0, 0.1) is 0 Å². The Morgan fingerprint density at radius 2 is 1.28 bits per heavy atom. The highest BCUT2D eigenvalue weighted by molar-refractivity contribution is 7.92. The summed E-state index contributed by atoms with van der Waals surface area (Å²) in [4.78, 5) is 0.253. The first-order chi connectivity index (χ1) is 11.5. The summed E-state index contributed by atoms with van der Waals surface area (Å²) in [7, 11) is -4.40. The minimum atomic E-state index is -3.73. The van der Waals surface area contributed by atoms with Gasteiger partial charge in [-0.25, -0.2) is 21.1 Å². The summed E-state index contributed by atoms with van der Waals surface area (Å²) < 4.78 is 52.5. The van der Waals surface area contributed by atoms with Crippen molar-refractivity contribution in [2.45, 2.75) is 29.6 Å². The summed E-state index contributed by atoms with van der Waals surface area (Å²) in [5.74, 6) is 0.316. The Balaban J connectivity index is 2.23. The lowest BCUT2D eigenvalue weighted by Gasteiger charge is -2.13. The van der Waals surface area contributed by atoms with Crippen LogP contribution in [0.15, 0.2) is 58.3 Å². The molecule has 2 aromatic carbocycles. The van der Waals surface area contributed by atoms with Gasteiger partial charge in [-0.3, -0.25) is 4.72 Å². The van der Waals surface area contributed by atoms with E-state index in [0.29, 0.717) is 11.6 Å². The second-order valence-electron chi connectivity index (χ2n) is 6.14. The number of nitrogens with one attached hydrogen (secondary N) is 1. The van der Waals surface area contributed by atoms with Crippen LogP contribution in [0.4, 0.5) is 5.69 Å². The average Bonchev–Trinajstić information content (AvgIpc) is 2.55. The minimum Gasteiger partial charge on any atom is -0.280 e. The van der Waals surface area contributed by atoms with E-state index in [2.05, 4.69) is 4.72 Å². The molecule has 0 aliphatic heterocycles. The van der Waals surface area contributed by atoms with Gasteiger partial charge >= 0.3 is 0 Å². The monoisotopic (exact) mass is 382 g/mol. The lowest BCUT2D eigenvalue weighted by Crippen LogP contribution is -2.22. The van der Waals surface area contributed by atoms with Gasteiger partial charge in [-0.2, -0.15) is 0 Å². The Labute approximate surface area is 149 Å². The first kappa shape index (κ1) is 19.4. The zero-order valence-corrected chi connectivity index (χ0v) is 16.2. The van der Waals surface area contributed by atoms with Crippen molar-refractivity contribution in [2.75, 3.05) is 18.8 Å². The van der Waals surface area contributed by atoms with Gasteiger partial charge in [0.05, 0.1) is 9.79 Å². The molecule has 25 heavy (non-hydrogen) atoms. The van der Waals surface area contributed by atoms with Gasteiger partial charge in [0, 0.05) is 19.8 Å². The van der Waals surface area contributed by atoms with E-state index in [-0.39, 0.29) is 9.79 Å². The van der Waals surface area contributed by atoms with Gasteiger partial charge in [-0.1, -0.05) is 26.0 Å². The van der Waals surface area contributed by atoms with Crippen molar-refractivity contribution in [1.82, 2.24) is 4.31 Å². The van der Waals surface area contributed by atoms with Gasteiger partial charge in [0.15, 0.2) is 0 Å². The van der Waals surface area contributed by atoms with Crippen LogP contribution in [0.3, 0.4) is 0 Å². The van der Waals surface area contributed by atoms with Gasteiger partial charge in [-0.05, 0) is 47.9 Å². The Bertz CT molecular complexity index is 931. The summed E-state index contributed by atoms with van der Waals surface area (Å²) in [6.45, 7) is 4.07. The van der Waals surface area contributed by atoms with Crippen LogP contribution in [-0.4, -0.2) is 35.2 Å². The number of benzene rings is 2. The van der Waals surface area contributed by atoms with Crippen LogP contribution in [0.2, 0.25) is 0 Å². The predicted molar refractivity (Wildman–Crippen MR) is 98.7 cm³/mol. The van der Waals surface area contributed by atoms with Crippen LogP contribution in [0.25, 0.3) is 0 Å². The molecule has 0 aromatic heterocycles. The highest BCUT2D eigenvalue weighted by atomic mass is 32.2. The molecule has 0 heterocycles. The lowest BCUT2D eigenvalue weighted by atomic mass is 10.0. The molecular weight excluding hydrogens is 360 g/mol. The minimum absolute atomic E-state index is 0.0988. The fraction of sp³-hybridized carbons (Fsp3) is 0.294. The molecule has 8 heteroatoms. The average molecular weight is 383 g/mol. The summed E-state index contributed by atoms with van der Waals surface area (Å²) >= 11 is 0. The van der Waals surface area contributed by atoms with Crippen molar-refractivity contribution in [3.8, 4) is 0 Å². The molecule has 1 N–H and O–H groups in total. The number of rotatable bonds is 6. The number of sulfonamides is 2. The maximum Gasteiger partial charge on any atom is 0.261 e. The fourth-order valence-electron chi connectivity index (χ4n) is 2.15. The number of anilines is 1. The second-order valence-corrected chi connectivity index (χ2v) is 9.98. The van der Waals surface area contributed by atoms with E-state index in [1.165, 1.54) is 38.4 Å². The molecule has 0 aliphatic carbocycles.